The van der Waals surface area contributed by atoms with Crippen LogP contribution >= 0.6 is 12.6 Å². The minimum Gasteiger partial charge on any atom is -0.306 e. The highest BCUT2D eigenvalue weighted by atomic mass is 32.1. The number of hydrogen-bond acceptors (Lipinski definition) is 2. The molecule has 0 aromatic rings. The van der Waals surface area contributed by atoms with E-state index in [2.05, 4.69) is 17.9 Å². The van der Waals surface area contributed by atoms with Gasteiger partial charge in [-0.1, -0.05) is 0 Å². The molecule has 5 heavy (non-hydrogen) atoms. The Bertz CT molecular complexity index is 58.5. The van der Waals surface area contributed by atoms with Crippen LogP contribution in [0, 0.1) is 0 Å². The van der Waals surface area contributed by atoms with Crippen molar-refractivity contribution in [1.82, 2.24) is 5.32 Å². The molecule has 2 aliphatic rings. The second-order valence-corrected chi connectivity index (χ2v) is 2.31. The highest BCUT2D eigenvalue weighted by molar-refractivity contribution is 7.81. The number of hydrogen-bond donors (Lipinski definition) is 2. The van der Waals surface area contributed by atoms with Crippen molar-refractivity contribution < 1.29 is 0 Å². The van der Waals surface area contributed by atoms with Gasteiger partial charge in [-0.25, -0.2) is 0 Å². The predicted molar refractivity (Wildman–Crippen MR) is 23.5 cm³/mol. The van der Waals surface area contributed by atoms with Crippen LogP contribution in [-0.2, 0) is 0 Å². The zero-order valence-corrected chi connectivity index (χ0v) is 3.57. The van der Waals surface area contributed by atoms with Gasteiger partial charge in [0.05, 0.1) is 0 Å². The van der Waals surface area contributed by atoms with E-state index in [1.54, 1.807) is 0 Å². The summed E-state index contributed by atoms with van der Waals surface area (Å²) in [4.78, 5) is 0. The third-order valence-corrected chi connectivity index (χ3v) is 1.90. The molecule has 2 rings (SSSR count). The third kappa shape index (κ3) is 0.152. The molecule has 1 saturated carbocycles. The molecule has 1 saturated heterocycles. The predicted octanol–water partition coefficient (Wildman–Crippen LogP) is -0.361. The lowest BCUT2D eigenvalue weighted by Gasteiger charge is -1.84. The van der Waals surface area contributed by atoms with Gasteiger partial charge in [-0.15, -0.1) is 0 Å². The maximum Gasteiger partial charge on any atom is 0.0368 e. The molecular weight excluding hydrogens is 82.1 g/mol. The van der Waals surface area contributed by atoms with Crippen molar-refractivity contribution in [2.24, 2.45) is 0 Å². The van der Waals surface area contributed by atoms with Crippen molar-refractivity contribution in [2.75, 3.05) is 0 Å². The van der Waals surface area contributed by atoms with E-state index in [1.165, 1.54) is 0 Å². The van der Waals surface area contributed by atoms with Gasteiger partial charge in [0.2, 0.25) is 0 Å². The normalized spacial score (nSPS) is 70.2. The zero-order chi connectivity index (χ0) is 3.44. The lowest BCUT2D eigenvalue weighted by atomic mass is 10.8. The van der Waals surface area contributed by atoms with Gasteiger partial charge in [-0.3, -0.25) is 0 Å². The van der Waals surface area contributed by atoms with Crippen molar-refractivity contribution >= 4 is 12.6 Å². The Balaban J connectivity index is 2.19. The molecule has 2 fully saturated rings. The van der Waals surface area contributed by atoms with Crippen molar-refractivity contribution in [3.8, 4) is 0 Å². The fourth-order valence-corrected chi connectivity index (χ4v) is 0.984. The first-order valence-electron chi connectivity index (χ1n) is 1.84. The third-order valence-electron chi connectivity index (χ3n) is 1.26. The Morgan fingerprint density at radius 3 is 1.80 bits per heavy atom. The topological polar surface area (TPSA) is 21.9 Å². The van der Waals surface area contributed by atoms with Crippen molar-refractivity contribution in [1.29, 1.82) is 0 Å². The van der Waals surface area contributed by atoms with Crippen LogP contribution < -0.4 is 5.32 Å². The molecule has 1 N–H and O–H groups in total. The van der Waals surface area contributed by atoms with E-state index in [0.717, 1.165) is 17.3 Å². The molecular formula is C3H5NS. The van der Waals surface area contributed by atoms with E-state index in [1.807, 2.05) is 0 Å². The Morgan fingerprint density at radius 2 is 1.80 bits per heavy atom. The van der Waals surface area contributed by atoms with E-state index in [0.29, 0.717) is 0 Å². The second-order valence-electron chi connectivity index (χ2n) is 1.71. The molecule has 1 heterocycles. The molecule has 28 valence electrons. The molecule has 2 unspecified atom stereocenters. The van der Waals surface area contributed by atoms with Crippen LogP contribution in [0.5, 0.6) is 0 Å². The summed E-state index contributed by atoms with van der Waals surface area (Å²) in [5.74, 6) is 0. The van der Waals surface area contributed by atoms with Crippen LogP contribution in [0.3, 0.4) is 0 Å². The van der Waals surface area contributed by atoms with Crippen molar-refractivity contribution in [2.45, 2.75) is 17.3 Å². The average molecular weight is 87.1 g/mol. The summed E-state index contributed by atoms with van der Waals surface area (Å²) in [7, 11) is 0. The quantitative estimate of drug-likeness (QED) is 0.305. The SMILES string of the molecule is SC1C2NC12. The molecule has 2 atom stereocenters. The highest BCUT2D eigenvalue weighted by Gasteiger charge is 2.62. The molecule has 0 spiro atoms. The summed E-state index contributed by atoms with van der Waals surface area (Å²) in [5, 5.41) is 3.90. The van der Waals surface area contributed by atoms with E-state index >= 15 is 0 Å². The molecule has 0 bridgehead atoms. The fourth-order valence-electron chi connectivity index (χ4n) is 0.540. The van der Waals surface area contributed by atoms with Crippen LogP contribution in [0.25, 0.3) is 0 Å². The summed E-state index contributed by atoms with van der Waals surface area (Å²) >= 11 is 4.16. The second kappa shape index (κ2) is 0.444. The van der Waals surface area contributed by atoms with Crippen LogP contribution in [0.1, 0.15) is 0 Å². The number of rotatable bonds is 0. The van der Waals surface area contributed by atoms with Gasteiger partial charge in [0.15, 0.2) is 0 Å². The summed E-state index contributed by atoms with van der Waals surface area (Å²) in [5.41, 5.74) is 0. The van der Waals surface area contributed by atoms with Gasteiger partial charge in [0.25, 0.3) is 0 Å². The molecule has 1 aliphatic heterocycles. The Kier molecular flexibility index (Phi) is 0.220. The smallest absolute Gasteiger partial charge is 0.0368 e. The van der Waals surface area contributed by atoms with E-state index in [-0.39, 0.29) is 0 Å². The van der Waals surface area contributed by atoms with Gasteiger partial charge < -0.3 is 5.32 Å². The van der Waals surface area contributed by atoms with Gasteiger partial charge in [0, 0.05) is 17.3 Å². The lowest BCUT2D eigenvalue weighted by molar-refractivity contribution is 0.924. The van der Waals surface area contributed by atoms with Crippen LogP contribution in [0.4, 0.5) is 0 Å². The Morgan fingerprint density at radius 1 is 1.40 bits per heavy atom. The zero-order valence-electron chi connectivity index (χ0n) is 2.68. The van der Waals surface area contributed by atoms with Crippen molar-refractivity contribution in [3.63, 3.8) is 0 Å². The summed E-state index contributed by atoms with van der Waals surface area (Å²) in [6, 6.07) is 1.66. The number of nitrogens with one attached hydrogen (secondary N) is 1. The number of thiol groups is 1. The first kappa shape index (κ1) is 2.48. The molecule has 0 aromatic carbocycles. The molecule has 0 aromatic heterocycles. The lowest BCUT2D eigenvalue weighted by Crippen LogP contribution is -2.05. The van der Waals surface area contributed by atoms with E-state index in [4.69, 9.17) is 0 Å². The average Bonchev–Trinajstić information content (AvgIpc) is 2.11. The highest BCUT2D eigenvalue weighted by Crippen LogP contribution is 2.41. The molecule has 1 nitrogen and oxygen atoms in total. The first-order valence-corrected chi connectivity index (χ1v) is 2.35. The van der Waals surface area contributed by atoms with Crippen molar-refractivity contribution in [3.05, 3.63) is 0 Å². The summed E-state index contributed by atoms with van der Waals surface area (Å²) in [6.45, 7) is 0. The maximum absolute atomic E-state index is 4.16. The van der Waals surface area contributed by atoms with Crippen LogP contribution in [-0.4, -0.2) is 17.3 Å². The maximum atomic E-state index is 4.16. The minimum atomic E-state index is 0.731. The van der Waals surface area contributed by atoms with Gasteiger partial charge in [-0.2, -0.15) is 12.6 Å². The number of fused-ring (bicyclic) bond motifs is 1. The van der Waals surface area contributed by atoms with Gasteiger partial charge in [-0.05, 0) is 0 Å². The molecule has 0 radical (unpaired) electrons. The van der Waals surface area contributed by atoms with E-state index in [9.17, 15) is 0 Å². The Labute approximate surface area is 36.2 Å². The largest absolute Gasteiger partial charge is 0.306 e. The Hall–Kier alpha value is 0.310. The van der Waals surface area contributed by atoms with Gasteiger partial charge >= 0.3 is 0 Å². The van der Waals surface area contributed by atoms with Gasteiger partial charge in [0.1, 0.15) is 0 Å². The molecule has 0 amide bonds. The molecule has 2 heteroatoms. The monoisotopic (exact) mass is 87.0 g/mol. The summed E-state index contributed by atoms with van der Waals surface area (Å²) in [6.07, 6.45) is 0. The molecule has 1 aliphatic carbocycles. The minimum absolute atomic E-state index is 0.731. The van der Waals surface area contributed by atoms with Crippen LogP contribution in [0.15, 0.2) is 0 Å². The first-order chi connectivity index (χ1) is 2.39. The van der Waals surface area contributed by atoms with E-state index < -0.39 is 0 Å². The fraction of sp³-hybridized carbons (Fsp3) is 1.00. The summed E-state index contributed by atoms with van der Waals surface area (Å²) < 4.78 is 0. The van der Waals surface area contributed by atoms with Crippen LogP contribution in [0.2, 0.25) is 0 Å². The standard InChI is InChI=1S/C3H5NS/c5-3-1-2(3)4-1/h1-5H.